The third-order valence-electron chi connectivity index (χ3n) is 6.36. The average Bonchev–Trinajstić information content (AvgIpc) is 3.33. The molecule has 2 aromatic heterocycles. The zero-order valence-corrected chi connectivity index (χ0v) is 16.3. The highest BCUT2D eigenvalue weighted by Gasteiger charge is 2.39. The molecule has 3 N–H and O–H groups in total. The number of fused-ring (bicyclic) bond motifs is 5. The number of piperidine rings is 1. The molecule has 0 aromatic carbocycles. The predicted octanol–water partition coefficient (Wildman–Crippen LogP) is -0.132. The Morgan fingerprint density at radius 1 is 1.24 bits per heavy atom. The lowest BCUT2D eigenvalue weighted by molar-refractivity contribution is -0.134. The summed E-state index contributed by atoms with van der Waals surface area (Å²) in [6.07, 6.45) is 2.78. The maximum absolute atomic E-state index is 13.3. The van der Waals surface area contributed by atoms with Crippen LogP contribution in [0.5, 0.6) is 0 Å². The molecule has 3 aliphatic rings. The number of carbonyl (C=O) groups is 2. The minimum absolute atomic E-state index is 0.000777. The first-order valence-electron chi connectivity index (χ1n) is 10.1. The zero-order chi connectivity index (χ0) is 20.1. The molecule has 5 rings (SSSR count). The van der Waals surface area contributed by atoms with Gasteiger partial charge in [0, 0.05) is 70.2 Å². The number of anilines is 2. The van der Waals surface area contributed by atoms with Crippen molar-refractivity contribution in [2.45, 2.75) is 18.9 Å². The first-order valence-corrected chi connectivity index (χ1v) is 10.1. The molecule has 29 heavy (non-hydrogen) atoms. The lowest BCUT2D eigenvalue weighted by atomic mass is 9.94. The minimum Gasteiger partial charge on any atom is -0.396 e. The number of aromatic nitrogens is 3. The molecule has 3 atom stereocenters. The van der Waals surface area contributed by atoms with Gasteiger partial charge < -0.3 is 25.5 Å². The van der Waals surface area contributed by atoms with Gasteiger partial charge in [-0.05, 0) is 6.42 Å². The van der Waals surface area contributed by atoms with Gasteiger partial charge in [0.05, 0.1) is 6.20 Å². The quantitative estimate of drug-likeness (QED) is 0.644. The van der Waals surface area contributed by atoms with E-state index in [0.29, 0.717) is 49.6 Å². The summed E-state index contributed by atoms with van der Waals surface area (Å²) < 4.78 is 1.63. The molecule has 1 unspecified atom stereocenters. The van der Waals surface area contributed by atoms with Gasteiger partial charge in [-0.3, -0.25) is 9.59 Å². The SMILES string of the molecule is CNc1cc2nc3c(cnn13)C(=O)N1C[C@@H](CO)[C@@H](CN3CC(CCC3=O)N2)C1. The second-order valence-electron chi connectivity index (χ2n) is 8.16. The van der Waals surface area contributed by atoms with E-state index in [4.69, 9.17) is 0 Å². The number of nitrogens with zero attached hydrogens (tertiary/aromatic N) is 5. The highest BCUT2D eigenvalue weighted by Crippen LogP contribution is 2.29. The van der Waals surface area contributed by atoms with Crippen LogP contribution in [0.25, 0.3) is 5.65 Å². The normalized spacial score (nSPS) is 26.9. The van der Waals surface area contributed by atoms with Crippen molar-refractivity contribution in [1.82, 2.24) is 24.4 Å². The molecular weight excluding hydrogens is 374 g/mol. The van der Waals surface area contributed by atoms with E-state index in [-0.39, 0.29) is 36.3 Å². The van der Waals surface area contributed by atoms with Gasteiger partial charge >= 0.3 is 0 Å². The van der Waals surface area contributed by atoms with Crippen molar-refractivity contribution in [1.29, 1.82) is 0 Å². The number of aliphatic hydroxyl groups excluding tert-OH is 1. The van der Waals surface area contributed by atoms with Crippen LogP contribution in [0.4, 0.5) is 11.6 Å². The maximum atomic E-state index is 13.3. The van der Waals surface area contributed by atoms with Gasteiger partial charge in [0.15, 0.2) is 5.65 Å². The fraction of sp³-hybridized carbons (Fsp3) is 0.579. The molecule has 0 spiro atoms. The Hall–Kier alpha value is -2.88. The van der Waals surface area contributed by atoms with E-state index in [0.717, 1.165) is 12.2 Å². The average molecular weight is 399 g/mol. The summed E-state index contributed by atoms with van der Waals surface area (Å²) in [5.41, 5.74) is 0.942. The van der Waals surface area contributed by atoms with Crippen LogP contribution in [0, 0.1) is 11.8 Å². The van der Waals surface area contributed by atoms with Gasteiger partial charge in [-0.1, -0.05) is 0 Å². The molecule has 0 aliphatic carbocycles. The van der Waals surface area contributed by atoms with E-state index < -0.39 is 0 Å². The summed E-state index contributed by atoms with van der Waals surface area (Å²) in [6, 6.07) is 1.95. The summed E-state index contributed by atoms with van der Waals surface area (Å²) in [5.74, 6) is 1.39. The van der Waals surface area contributed by atoms with Crippen molar-refractivity contribution < 1.29 is 14.7 Å². The smallest absolute Gasteiger partial charge is 0.259 e. The lowest BCUT2D eigenvalue weighted by Gasteiger charge is -2.35. The molecule has 0 radical (unpaired) electrons. The summed E-state index contributed by atoms with van der Waals surface area (Å²) in [5, 5.41) is 20.8. The third kappa shape index (κ3) is 2.98. The Labute approximate surface area is 167 Å². The number of hydrogen-bond acceptors (Lipinski definition) is 7. The minimum atomic E-state index is -0.142. The monoisotopic (exact) mass is 399 g/mol. The molecule has 154 valence electrons. The molecule has 5 heterocycles. The van der Waals surface area contributed by atoms with Gasteiger partial charge in [-0.25, -0.2) is 4.98 Å². The van der Waals surface area contributed by atoms with Gasteiger partial charge in [0.2, 0.25) is 5.91 Å². The Kier molecular flexibility index (Phi) is 4.30. The fourth-order valence-electron chi connectivity index (χ4n) is 4.76. The standard InChI is InChI=1S/C19H25N7O3/c1-20-16-4-15-22-13-2-3-17(28)24(9-13)6-11-7-25(8-12(11)10-27)19(29)14-5-21-26(16)18(14)23-15/h4-5,11-13,20,27H,2-3,6-10H2,1H3,(H,22,23)/t11-,12-,13?/m0/s1. The number of carbonyl (C=O) groups excluding carboxylic acids is 2. The Balaban J connectivity index is 1.62. The van der Waals surface area contributed by atoms with Crippen LogP contribution in [0.3, 0.4) is 0 Å². The molecule has 2 fully saturated rings. The van der Waals surface area contributed by atoms with Gasteiger partial charge in [0.25, 0.3) is 5.91 Å². The summed E-state index contributed by atoms with van der Waals surface area (Å²) in [4.78, 5) is 34.1. The Bertz CT molecular complexity index is 974. The predicted molar refractivity (Wildman–Crippen MR) is 106 cm³/mol. The number of rotatable bonds is 2. The van der Waals surface area contributed by atoms with Crippen LogP contribution in [0.2, 0.25) is 0 Å². The van der Waals surface area contributed by atoms with Crippen LogP contribution in [-0.2, 0) is 4.79 Å². The van der Waals surface area contributed by atoms with E-state index in [2.05, 4.69) is 20.7 Å². The number of aliphatic hydroxyl groups is 1. The van der Waals surface area contributed by atoms with Crippen LogP contribution in [0.15, 0.2) is 12.3 Å². The van der Waals surface area contributed by atoms with Crippen LogP contribution >= 0.6 is 0 Å². The van der Waals surface area contributed by atoms with Crippen molar-refractivity contribution in [2.24, 2.45) is 11.8 Å². The highest BCUT2D eigenvalue weighted by atomic mass is 16.3. The summed E-state index contributed by atoms with van der Waals surface area (Å²) >= 11 is 0. The van der Waals surface area contributed by atoms with Gasteiger partial charge in [0.1, 0.15) is 17.2 Å². The molecule has 3 aliphatic heterocycles. The van der Waals surface area contributed by atoms with E-state index in [1.165, 1.54) is 0 Å². The largest absolute Gasteiger partial charge is 0.396 e. The van der Waals surface area contributed by atoms with E-state index in [1.807, 2.05) is 11.0 Å². The Morgan fingerprint density at radius 3 is 2.86 bits per heavy atom. The molecule has 2 saturated heterocycles. The maximum Gasteiger partial charge on any atom is 0.259 e. The van der Waals surface area contributed by atoms with Crippen molar-refractivity contribution in [3.05, 3.63) is 17.8 Å². The van der Waals surface area contributed by atoms with Gasteiger partial charge in [-0.15, -0.1) is 0 Å². The summed E-state index contributed by atoms with van der Waals surface area (Å²) in [7, 11) is 1.80. The zero-order valence-electron chi connectivity index (χ0n) is 16.3. The molecule has 0 saturated carbocycles. The topological polar surface area (TPSA) is 115 Å². The van der Waals surface area contributed by atoms with Crippen molar-refractivity contribution in [2.75, 3.05) is 50.5 Å². The van der Waals surface area contributed by atoms with Crippen LogP contribution in [-0.4, -0.2) is 87.2 Å². The first-order chi connectivity index (χ1) is 14.1. The van der Waals surface area contributed by atoms with Crippen molar-refractivity contribution in [3.8, 4) is 0 Å². The molecule has 6 bridgehead atoms. The Morgan fingerprint density at radius 2 is 2.07 bits per heavy atom. The van der Waals surface area contributed by atoms with E-state index in [1.54, 1.807) is 22.7 Å². The molecular formula is C19H25N7O3. The fourth-order valence-corrected chi connectivity index (χ4v) is 4.76. The lowest BCUT2D eigenvalue weighted by Crippen LogP contribution is -2.48. The first kappa shape index (κ1) is 18.2. The third-order valence-corrected chi connectivity index (χ3v) is 6.36. The van der Waals surface area contributed by atoms with Crippen LogP contribution in [0.1, 0.15) is 23.2 Å². The van der Waals surface area contributed by atoms with Crippen LogP contribution < -0.4 is 10.6 Å². The molecule has 2 aromatic rings. The number of hydrogen-bond donors (Lipinski definition) is 3. The summed E-state index contributed by atoms with van der Waals surface area (Å²) in [6.45, 7) is 2.14. The van der Waals surface area contributed by atoms with E-state index in [9.17, 15) is 14.7 Å². The molecule has 10 nitrogen and oxygen atoms in total. The molecule has 2 amide bonds. The van der Waals surface area contributed by atoms with Crippen molar-refractivity contribution in [3.63, 3.8) is 0 Å². The number of amides is 2. The molecule has 10 heteroatoms. The second-order valence-corrected chi connectivity index (χ2v) is 8.16. The number of nitrogens with one attached hydrogen (secondary N) is 2. The van der Waals surface area contributed by atoms with E-state index >= 15 is 0 Å². The van der Waals surface area contributed by atoms with Crippen molar-refractivity contribution >= 4 is 29.1 Å². The van der Waals surface area contributed by atoms with Gasteiger partial charge in [-0.2, -0.15) is 9.61 Å². The second kappa shape index (κ2) is 6.87. The highest BCUT2D eigenvalue weighted by molar-refractivity contribution is 6.00.